The third kappa shape index (κ3) is 2.63. The molecule has 0 saturated heterocycles. The first-order valence-corrected chi connectivity index (χ1v) is 5.36. The number of ether oxygens (including phenoxy) is 1. The minimum atomic E-state index is -0.953. The molecule has 2 rings (SSSR count). The van der Waals surface area contributed by atoms with Crippen LogP contribution in [0.5, 0.6) is 11.8 Å². The van der Waals surface area contributed by atoms with Gasteiger partial charge in [-0.05, 0) is 43.2 Å². The number of carbonyl (C=O) groups is 1. The summed E-state index contributed by atoms with van der Waals surface area (Å²) in [5, 5.41) is 8.91. The molecule has 0 aliphatic heterocycles. The Hall–Kier alpha value is -2.43. The van der Waals surface area contributed by atoms with Gasteiger partial charge >= 0.3 is 12.0 Å². The van der Waals surface area contributed by atoms with Crippen LogP contribution in [0.15, 0.2) is 30.6 Å². The molecule has 1 aromatic heterocycles. The lowest BCUT2D eigenvalue weighted by atomic mass is 10.1. The number of rotatable bonds is 3. The summed E-state index contributed by atoms with van der Waals surface area (Å²) in [5.41, 5.74) is 1.83. The monoisotopic (exact) mass is 244 g/mol. The second kappa shape index (κ2) is 4.83. The van der Waals surface area contributed by atoms with E-state index in [1.54, 1.807) is 31.5 Å². The standard InChI is InChI=1S/C13H12N2O3/c1-8-6-14-13(15-7-8)18-10-3-4-11(12(16)17)9(2)5-10/h3-7H,1-2H3,(H,16,17). The number of carboxylic acid groups (broad SMARTS) is 1. The molecule has 0 atom stereocenters. The molecule has 18 heavy (non-hydrogen) atoms. The topological polar surface area (TPSA) is 72.3 Å². The summed E-state index contributed by atoms with van der Waals surface area (Å²) in [4.78, 5) is 18.9. The molecule has 5 heteroatoms. The fraction of sp³-hybridized carbons (Fsp3) is 0.154. The zero-order chi connectivity index (χ0) is 13.1. The molecule has 1 aromatic carbocycles. The van der Waals surface area contributed by atoms with Crippen LogP contribution >= 0.6 is 0 Å². The highest BCUT2D eigenvalue weighted by atomic mass is 16.5. The third-order valence-electron chi connectivity index (χ3n) is 2.39. The Morgan fingerprint density at radius 3 is 2.44 bits per heavy atom. The van der Waals surface area contributed by atoms with Gasteiger partial charge in [-0.25, -0.2) is 14.8 Å². The van der Waals surface area contributed by atoms with Crippen molar-refractivity contribution in [3.63, 3.8) is 0 Å². The summed E-state index contributed by atoms with van der Waals surface area (Å²) in [5.74, 6) is -0.438. The van der Waals surface area contributed by atoms with Gasteiger partial charge in [-0.15, -0.1) is 0 Å². The number of aromatic nitrogens is 2. The summed E-state index contributed by atoms with van der Waals surface area (Å²) in [6.45, 7) is 3.60. The molecule has 5 nitrogen and oxygen atoms in total. The maximum atomic E-state index is 10.9. The van der Waals surface area contributed by atoms with Crippen LogP contribution in [0.1, 0.15) is 21.5 Å². The lowest BCUT2D eigenvalue weighted by Crippen LogP contribution is -2.00. The molecule has 0 spiro atoms. The SMILES string of the molecule is Cc1cnc(Oc2ccc(C(=O)O)c(C)c2)nc1. The zero-order valence-electron chi connectivity index (χ0n) is 10.0. The van der Waals surface area contributed by atoms with E-state index in [0.717, 1.165) is 5.56 Å². The Balaban J connectivity index is 2.22. The number of hydrogen-bond acceptors (Lipinski definition) is 4. The van der Waals surface area contributed by atoms with Crippen molar-refractivity contribution in [2.24, 2.45) is 0 Å². The van der Waals surface area contributed by atoms with Crippen LogP contribution in [-0.4, -0.2) is 21.0 Å². The number of aromatic carboxylic acids is 1. The van der Waals surface area contributed by atoms with Gasteiger partial charge in [-0.1, -0.05) is 0 Å². The van der Waals surface area contributed by atoms with E-state index in [4.69, 9.17) is 9.84 Å². The molecule has 0 aliphatic rings. The smallest absolute Gasteiger partial charge is 0.335 e. The van der Waals surface area contributed by atoms with Gasteiger partial charge in [-0.3, -0.25) is 0 Å². The van der Waals surface area contributed by atoms with Crippen molar-refractivity contribution in [1.82, 2.24) is 9.97 Å². The number of carboxylic acids is 1. The summed E-state index contributed by atoms with van der Waals surface area (Å²) < 4.78 is 5.43. The Kier molecular flexibility index (Phi) is 3.23. The summed E-state index contributed by atoms with van der Waals surface area (Å²) in [7, 11) is 0. The molecule has 92 valence electrons. The molecule has 0 amide bonds. The average molecular weight is 244 g/mol. The van der Waals surface area contributed by atoms with Gasteiger partial charge in [0.1, 0.15) is 5.75 Å². The first-order valence-electron chi connectivity index (χ1n) is 5.36. The lowest BCUT2D eigenvalue weighted by Gasteiger charge is -2.06. The van der Waals surface area contributed by atoms with Gasteiger partial charge in [0.05, 0.1) is 5.56 Å². The van der Waals surface area contributed by atoms with E-state index in [2.05, 4.69) is 9.97 Å². The van der Waals surface area contributed by atoms with E-state index < -0.39 is 5.97 Å². The largest absolute Gasteiger partial charge is 0.478 e. The van der Waals surface area contributed by atoms with Gasteiger partial charge in [0.25, 0.3) is 0 Å². The quantitative estimate of drug-likeness (QED) is 0.898. The van der Waals surface area contributed by atoms with Crippen molar-refractivity contribution in [2.45, 2.75) is 13.8 Å². The predicted octanol–water partition coefficient (Wildman–Crippen LogP) is 2.58. The number of benzene rings is 1. The molecule has 0 unspecified atom stereocenters. The summed E-state index contributed by atoms with van der Waals surface area (Å²) in [6.07, 6.45) is 3.31. The van der Waals surface area contributed by atoms with Gasteiger partial charge in [0, 0.05) is 12.4 Å². The number of aryl methyl sites for hydroxylation is 2. The first kappa shape index (κ1) is 12.0. The maximum Gasteiger partial charge on any atom is 0.335 e. The van der Waals surface area contributed by atoms with Crippen LogP contribution in [0.3, 0.4) is 0 Å². The normalized spacial score (nSPS) is 10.1. The molecular formula is C13H12N2O3. The van der Waals surface area contributed by atoms with E-state index >= 15 is 0 Å². The Morgan fingerprint density at radius 2 is 1.89 bits per heavy atom. The molecular weight excluding hydrogens is 232 g/mol. The van der Waals surface area contributed by atoms with E-state index in [-0.39, 0.29) is 11.6 Å². The van der Waals surface area contributed by atoms with Crippen molar-refractivity contribution in [1.29, 1.82) is 0 Å². The van der Waals surface area contributed by atoms with E-state index in [1.165, 1.54) is 6.07 Å². The second-order valence-corrected chi connectivity index (χ2v) is 3.93. The molecule has 1 N–H and O–H groups in total. The molecule has 2 aromatic rings. The Morgan fingerprint density at radius 1 is 1.22 bits per heavy atom. The highest BCUT2D eigenvalue weighted by molar-refractivity contribution is 5.89. The van der Waals surface area contributed by atoms with E-state index in [1.807, 2.05) is 6.92 Å². The third-order valence-corrected chi connectivity index (χ3v) is 2.39. The van der Waals surface area contributed by atoms with Crippen molar-refractivity contribution < 1.29 is 14.6 Å². The molecule has 0 fully saturated rings. The van der Waals surface area contributed by atoms with Crippen LogP contribution < -0.4 is 4.74 Å². The highest BCUT2D eigenvalue weighted by Gasteiger charge is 2.08. The van der Waals surface area contributed by atoms with Crippen LogP contribution in [0.2, 0.25) is 0 Å². The van der Waals surface area contributed by atoms with Crippen molar-refractivity contribution >= 4 is 5.97 Å². The molecule has 0 aliphatic carbocycles. The maximum absolute atomic E-state index is 10.9. The summed E-state index contributed by atoms with van der Waals surface area (Å²) in [6, 6.07) is 4.97. The van der Waals surface area contributed by atoms with Crippen LogP contribution in [0.4, 0.5) is 0 Å². The van der Waals surface area contributed by atoms with Crippen molar-refractivity contribution in [2.75, 3.05) is 0 Å². The Labute approximate surface area is 104 Å². The molecule has 0 radical (unpaired) electrons. The van der Waals surface area contributed by atoms with Gasteiger partial charge in [-0.2, -0.15) is 0 Å². The first-order chi connectivity index (χ1) is 8.56. The average Bonchev–Trinajstić information content (AvgIpc) is 2.32. The van der Waals surface area contributed by atoms with Crippen LogP contribution in [0, 0.1) is 13.8 Å². The fourth-order valence-corrected chi connectivity index (χ4v) is 1.48. The van der Waals surface area contributed by atoms with E-state index in [0.29, 0.717) is 11.3 Å². The molecule has 0 bridgehead atoms. The predicted molar refractivity (Wildman–Crippen MR) is 65.0 cm³/mol. The minimum absolute atomic E-state index is 0.239. The number of hydrogen-bond donors (Lipinski definition) is 1. The second-order valence-electron chi connectivity index (χ2n) is 3.93. The fourth-order valence-electron chi connectivity index (χ4n) is 1.48. The van der Waals surface area contributed by atoms with E-state index in [9.17, 15) is 4.79 Å². The van der Waals surface area contributed by atoms with Crippen molar-refractivity contribution in [3.8, 4) is 11.8 Å². The highest BCUT2D eigenvalue weighted by Crippen LogP contribution is 2.21. The minimum Gasteiger partial charge on any atom is -0.478 e. The summed E-state index contributed by atoms with van der Waals surface area (Å²) >= 11 is 0. The van der Waals surface area contributed by atoms with Crippen LogP contribution in [0.25, 0.3) is 0 Å². The van der Waals surface area contributed by atoms with Gasteiger partial charge < -0.3 is 9.84 Å². The lowest BCUT2D eigenvalue weighted by molar-refractivity contribution is 0.0696. The Bertz CT molecular complexity index is 579. The van der Waals surface area contributed by atoms with Gasteiger partial charge in [0.2, 0.25) is 0 Å². The van der Waals surface area contributed by atoms with Crippen LogP contribution in [-0.2, 0) is 0 Å². The number of nitrogens with zero attached hydrogens (tertiary/aromatic N) is 2. The molecule has 1 heterocycles. The van der Waals surface area contributed by atoms with Gasteiger partial charge in [0.15, 0.2) is 0 Å². The molecule has 0 saturated carbocycles. The van der Waals surface area contributed by atoms with Crippen molar-refractivity contribution in [3.05, 3.63) is 47.3 Å². The zero-order valence-corrected chi connectivity index (χ0v) is 10.0.